The van der Waals surface area contributed by atoms with Crippen molar-refractivity contribution in [1.29, 1.82) is 0 Å². The lowest BCUT2D eigenvalue weighted by Crippen LogP contribution is -2.17. The SMILES string of the molecule is COC(=O)C#Cc1ccc(OC(F)(F)F)cc1N. The van der Waals surface area contributed by atoms with Crippen molar-refractivity contribution in [2.75, 3.05) is 12.8 Å². The van der Waals surface area contributed by atoms with Crippen LogP contribution in [0.3, 0.4) is 0 Å². The number of nitrogens with two attached hydrogens (primary N) is 1. The van der Waals surface area contributed by atoms with Gasteiger partial charge in [-0.25, -0.2) is 4.79 Å². The van der Waals surface area contributed by atoms with Crippen molar-refractivity contribution in [3.8, 4) is 17.6 Å². The number of benzene rings is 1. The van der Waals surface area contributed by atoms with Gasteiger partial charge in [-0.2, -0.15) is 0 Å². The van der Waals surface area contributed by atoms with Crippen molar-refractivity contribution < 1.29 is 27.4 Å². The largest absolute Gasteiger partial charge is 0.573 e. The summed E-state index contributed by atoms with van der Waals surface area (Å²) < 4.78 is 43.7. The van der Waals surface area contributed by atoms with E-state index in [9.17, 15) is 18.0 Å². The minimum atomic E-state index is -4.79. The van der Waals surface area contributed by atoms with Crippen LogP contribution in [-0.4, -0.2) is 19.4 Å². The highest BCUT2D eigenvalue weighted by molar-refractivity contribution is 5.89. The molecule has 4 nitrogen and oxygen atoms in total. The number of hydrogen-bond donors (Lipinski definition) is 1. The van der Waals surface area contributed by atoms with Gasteiger partial charge in [-0.05, 0) is 12.1 Å². The lowest BCUT2D eigenvalue weighted by atomic mass is 10.2. The summed E-state index contributed by atoms with van der Waals surface area (Å²) in [5.41, 5.74) is 5.64. The molecular weight excluding hydrogens is 251 g/mol. The second-order valence-corrected chi connectivity index (χ2v) is 3.04. The summed E-state index contributed by atoms with van der Waals surface area (Å²) in [4.78, 5) is 10.7. The highest BCUT2D eigenvalue weighted by Gasteiger charge is 2.31. The van der Waals surface area contributed by atoms with Crippen LogP contribution in [0.1, 0.15) is 5.56 Å². The molecule has 0 atom stereocenters. The Morgan fingerprint density at radius 2 is 2.06 bits per heavy atom. The third kappa shape index (κ3) is 4.25. The van der Waals surface area contributed by atoms with Crippen LogP contribution in [0.2, 0.25) is 0 Å². The van der Waals surface area contributed by atoms with Crippen molar-refractivity contribution in [3.05, 3.63) is 23.8 Å². The van der Waals surface area contributed by atoms with Crippen molar-refractivity contribution >= 4 is 11.7 Å². The van der Waals surface area contributed by atoms with Crippen LogP contribution in [0.5, 0.6) is 5.75 Å². The van der Waals surface area contributed by atoms with Crippen LogP contribution < -0.4 is 10.5 Å². The van der Waals surface area contributed by atoms with E-state index in [1.807, 2.05) is 0 Å². The molecule has 7 heteroatoms. The van der Waals surface area contributed by atoms with Gasteiger partial charge in [0.05, 0.1) is 12.8 Å². The van der Waals surface area contributed by atoms with Crippen LogP contribution in [0.15, 0.2) is 18.2 Å². The van der Waals surface area contributed by atoms with E-state index < -0.39 is 18.1 Å². The van der Waals surface area contributed by atoms with E-state index in [4.69, 9.17) is 5.73 Å². The van der Waals surface area contributed by atoms with Gasteiger partial charge in [0.1, 0.15) is 5.75 Å². The Bertz CT molecular complexity index is 514. The third-order valence-corrected chi connectivity index (χ3v) is 1.74. The minimum Gasteiger partial charge on any atom is -0.459 e. The minimum absolute atomic E-state index is 0.0341. The molecule has 0 spiro atoms. The Kier molecular flexibility index (Phi) is 4.05. The Morgan fingerprint density at radius 3 is 2.56 bits per heavy atom. The number of rotatable bonds is 1. The Labute approximate surface area is 100 Å². The lowest BCUT2D eigenvalue weighted by Gasteiger charge is -2.09. The number of hydrogen-bond acceptors (Lipinski definition) is 4. The first-order chi connectivity index (χ1) is 8.31. The highest BCUT2D eigenvalue weighted by atomic mass is 19.4. The molecule has 2 N–H and O–H groups in total. The first kappa shape index (κ1) is 13.7. The number of methoxy groups -OCH3 is 1. The fraction of sp³-hybridized carbons (Fsp3) is 0.182. The molecule has 0 unspecified atom stereocenters. The Balaban J connectivity index is 2.92. The van der Waals surface area contributed by atoms with Crippen molar-refractivity contribution in [1.82, 2.24) is 0 Å². The summed E-state index contributed by atoms with van der Waals surface area (Å²) in [5, 5.41) is 0. The van der Waals surface area contributed by atoms with Crippen LogP contribution in [0, 0.1) is 11.8 Å². The zero-order valence-electron chi connectivity index (χ0n) is 9.17. The second-order valence-electron chi connectivity index (χ2n) is 3.04. The normalized spacial score (nSPS) is 10.2. The molecule has 0 amide bonds. The molecule has 0 aromatic heterocycles. The fourth-order valence-electron chi connectivity index (χ4n) is 1.02. The Morgan fingerprint density at radius 1 is 1.39 bits per heavy atom. The summed E-state index contributed by atoms with van der Waals surface area (Å²) in [7, 11) is 1.15. The van der Waals surface area contributed by atoms with E-state index in [0.717, 1.165) is 19.2 Å². The molecule has 0 heterocycles. The predicted octanol–water partition coefficient (Wildman–Crippen LogP) is 1.69. The van der Waals surface area contributed by atoms with Gasteiger partial charge < -0.3 is 15.2 Å². The van der Waals surface area contributed by atoms with E-state index in [0.29, 0.717) is 0 Å². The number of ether oxygens (including phenoxy) is 2. The molecule has 1 aromatic carbocycles. The highest BCUT2D eigenvalue weighted by Crippen LogP contribution is 2.25. The maximum atomic E-state index is 11.9. The standard InChI is InChI=1S/C11H8F3NO3/c1-17-10(16)5-3-7-2-4-8(6-9(7)15)18-11(12,13)14/h2,4,6H,15H2,1H3. The van der Waals surface area contributed by atoms with Crippen LogP contribution in [0.4, 0.5) is 18.9 Å². The number of carbonyl (C=O) groups is 1. The molecule has 18 heavy (non-hydrogen) atoms. The molecule has 0 fully saturated rings. The second kappa shape index (κ2) is 5.31. The maximum Gasteiger partial charge on any atom is 0.573 e. The van der Waals surface area contributed by atoms with Gasteiger partial charge in [0.25, 0.3) is 0 Å². The zero-order valence-corrected chi connectivity index (χ0v) is 9.17. The van der Waals surface area contributed by atoms with E-state index in [1.165, 1.54) is 6.07 Å². The first-order valence-corrected chi connectivity index (χ1v) is 4.57. The summed E-state index contributed by atoms with van der Waals surface area (Å²) in [6.07, 6.45) is -4.79. The van der Waals surface area contributed by atoms with Gasteiger partial charge in [-0.1, -0.05) is 5.92 Å². The average molecular weight is 259 g/mol. The topological polar surface area (TPSA) is 61.5 Å². The molecule has 0 aliphatic heterocycles. The monoisotopic (exact) mass is 259 g/mol. The molecule has 0 aliphatic rings. The lowest BCUT2D eigenvalue weighted by molar-refractivity contribution is -0.274. The van der Waals surface area contributed by atoms with E-state index >= 15 is 0 Å². The number of alkyl halides is 3. The molecule has 0 bridgehead atoms. The van der Waals surface area contributed by atoms with Gasteiger partial charge in [0.2, 0.25) is 0 Å². The fourth-order valence-corrected chi connectivity index (χ4v) is 1.02. The molecular formula is C11H8F3NO3. The van der Waals surface area contributed by atoms with Crippen molar-refractivity contribution in [2.45, 2.75) is 6.36 Å². The van der Waals surface area contributed by atoms with Crippen molar-refractivity contribution in [2.24, 2.45) is 0 Å². The number of esters is 1. The third-order valence-electron chi connectivity index (χ3n) is 1.74. The molecule has 0 radical (unpaired) electrons. The van der Waals surface area contributed by atoms with Gasteiger partial charge in [-0.15, -0.1) is 13.2 Å². The average Bonchev–Trinajstić information content (AvgIpc) is 2.25. The van der Waals surface area contributed by atoms with Gasteiger partial charge in [0, 0.05) is 17.6 Å². The molecule has 0 saturated heterocycles. The van der Waals surface area contributed by atoms with Crippen molar-refractivity contribution in [3.63, 3.8) is 0 Å². The van der Waals surface area contributed by atoms with E-state index in [1.54, 1.807) is 0 Å². The van der Waals surface area contributed by atoms with Gasteiger partial charge >= 0.3 is 12.3 Å². The van der Waals surface area contributed by atoms with Crippen LogP contribution >= 0.6 is 0 Å². The molecule has 0 aliphatic carbocycles. The predicted molar refractivity (Wildman–Crippen MR) is 56.4 cm³/mol. The summed E-state index contributed by atoms with van der Waals surface area (Å²) in [6.45, 7) is 0. The quantitative estimate of drug-likeness (QED) is 0.473. The van der Waals surface area contributed by atoms with Gasteiger partial charge in [0.15, 0.2) is 0 Å². The number of carbonyl (C=O) groups excluding carboxylic acids is 1. The zero-order chi connectivity index (χ0) is 13.8. The smallest absolute Gasteiger partial charge is 0.459 e. The first-order valence-electron chi connectivity index (χ1n) is 4.57. The molecule has 96 valence electrons. The van der Waals surface area contributed by atoms with E-state index in [2.05, 4.69) is 21.3 Å². The van der Waals surface area contributed by atoms with Crippen LogP contribution in [0.25, 0.3) is 0 Å². The Hall–Kier alpha value is -2.36. The summed E-state index contributed by atoms with van der Waals surface area (Å²) >= 11 is 0. The summed E-state index contributed by atoms with van der Waals surface area (Å²) in [5.74, 6) is 3.24. The number of nitrogen functional groups attached to an aromatic ring is 1. The molecule has 0 saturated carbocycles. The van der Waals surface area contributed by atoms with E-state index in [-0.39, 0.29) is 11.3 Å². The molecule has 1 rings (SSSR count). The van der Waals surface area contributed by atoms with Crippen LogP contribution in [-0.2, 0) is 9.53 Å². The number of halogens is 3. The van der Waals surface area contributed by atoms with Gasteiger partial charge in [-0.3, -0.25) is 0 Å². The summed E-state index contributed by atoms with van der Waals surface area (Å²) in [6, 6.07) is 3.23. The maximum absolute atomic E-state index is 11.9. The number of anilines is 1. The molecule has 1 aromatic rings.